The third-order valence-corrected chi connectivity index (χ3v) is 3.05. The monoisotopic (exact) mass is 318 g/mol. The summed E-state index contributed by atoms with van der Waals surface area (Å²) in [5.41, 5.74) is 0. The SMILES string of the molecule is CC/C=C/C/C=C/C/C=C/C/C=C/C/C=C/CCC(O)C(=O)O. The van der Waals surface area contributed by atoms with E-state index in [-0.39, 0.29) is 6.42 Å². The molecule has 0 aromatic rings. The summed E-state index contributed by atoms with van der Waals surface area (Å²) in [5, 5.41) is 17.6. The second-order valence-electron chi connectivity index (χ2n) is 5.14. The molecule has 0 aliphatic heterocycles. The molecule has 1 unspecified atom stereocenters. The molecule has 0 aromatic heterocycles. The third kappa shape index (κ3) is 16.3. The number of carbonyl (C=O) groups is 1. The number of hydrogen-bond acceptors (Lipinski definition) is 2. The van der Waals surface area contributed by atoms with Crippen molar-refractivity contribution in [1.82, 2.24) is 0 Å². The molecule has 0 fully saturated rings. The van der Waals surface area contributed by atoms with Crippen LogP contribution >= 0.6 is 0 Å². The Hall–Kier alpha value is -1.87. The van der Waals surface area contributed by atoms with Crippen LogP contribution < -0.4 is 0 Å². The van der Waals surface area contributed by atoms with Crippen LogP contribution in [0.4, 0.5) is 0 Å². The Labute approximate surface area is 140 Å². The summed E-state index contributed by atoms with van der Waals surface area (Å²) >= 11 is 0. The highest BCUT2D eigenvalue weighted by Gasteiger charge is 2.10. The fourth-order valence-corrected chi connectivity index (χ4v) is 1.75. The third-order valence-electron chi connectivity index (χ3n) is 3.05. The maximum atomic E-state index is 10.4. The molecule has 3 heteroatoms. The Morgan fingerprint density at radius 2 is 1.17 bits per heavy atom. The fraction of sp³-hybridized carbons (Fsp3) is 0.450. The summed E-state index contributed by atoms with van der Waals surface area (Å²) in [5.74, 6) is -1.16. The number of aliphatic hydroxyl groups is 1. The zero-order chi connectivity index (χ0) is 17.2. The highest BCUT2D eigenvalue weighted by molar-refractivity contribution is 5.71. The van der Waals surface area contributed by atoms with Crippen LogP contribution in [0.5, 0.6) is 0 Å². The maximum absolute atomic E-state index is 10.4. The first-order valence-electron chi connectivity index (χ1n) is 8.34. The number of hydrogen-bond donors (Lipinski definition) is 2. The lowest BCUT2D eigenvalue weighted by Gasteiger charge is -2.00. The standard InChI is InChI=1S/C20H30O3/c1-2-3-4-5-6-7-8-9-10-11-12-13-14-15-16-17-18-19(21)20(22)23/h3-4,6-7,9-10,12-13,15-16,19,21H,2,5,8,11,14,17-18H2,1H3,(H,22,23)/b4-3+,7-6+,10-9+,13-12+,16-15+. The van der Waals surface area contributed by atoms with Gasteiger partial charge in [-0.15, -0.1) is 0 Å². The molecule has 0 bridgehead atoms. The van der Waals surface area contributed by atoms with Crippen LogP contribution in [-0.4, -0.2) is 22.3 Å². The van der Waals surface area contributed by atoms with Crippen molar-refractivity contribution in [2.24, 2.45) is 0 Å². The lowest BCUT2D eigenvalue weighted by atomic mass is 10.2. The molecular formula is C20H30O3. The van der Waals surface area contributed by atoms with Gasteiger partial charge >= 0.3 is 5.97 Å². The van der Waals surface area contributed by atoms with Gasteiger partial charge in [-0.3, -0.25) is 0 Å². The second kappa shape index (κ2) is 16.5. The van der Waals surface area contributed by atoms with Crippen molar-refractivity contribution in [3.05, 3.63) is 60.8 Å². The van der Waals surface area contributed by atoms with Gasteiger partial charge in [0.15, 0.2) is 6.10 Å². The zero-order valence-corrected chi connectivity index (χ0v) is 14.1. The minimum absolute atomic E-state index is 0.264. The topological polar surface area (TPSA) is 57.5 Å². The first kappa shape index (κ1) is 21.1. The molecule has 0 aliphatic carbocycles. The number of aliphatic carboxylic acids is 1. The van der Waals surface area contributed by atoms with E-state index in [9.17, 15) is 4.79 Å². The number of rotatable bonds is 13. The molecule has 0 saturated heterocycles. The molecule has 0 heterocycles. The van der Waals surface area contributed by atoms with E-state index in [4.69, 9.17) is 10.2 Å². The number of allylic oxidation sites excluding steroid dienone is 10. The first-order valence-corrected chi connectivity index (χ1v) is 8.34. The van der Waals surface area contributed by atoms with Crippen molar-refractivity contribution >= 4 is 5.97 Å². The van der Waals surface area contributed by atoms with E-state index in [1.54, 1.807) is 0 Å². The van der Waals surface area contributed by atoms with Gasteiger partial charge in [-0.1, -0.05) is 67.7 Å². The zero-order valence-electron chi connectivity index (χ0n) is 14.1. The Kier molecular flexibility index (Phi) is 15.2. The van der Waals surface area contributed by atoms with Crippen molar-refractivity contribution in [3.63, 3.8) is 0 Å². The molecule has 0 rings (SSSR count). The minimum atomic E-state index is -1.25. The van der Waals surface area contributed by atoms with E-state index >= 15 is 0 Å². The van der Waals surface area contributed by atoms with Crippen LogP contribution in [0.25, 0.3) is 0 Å². The van der Waals surface area contributed by atoms with Gasteiger partial charge < -0.3 is 10.2 Å². The average molecular weight is 318 g/mol. The highest BCUT2D eigenvalue weighted by atomic mass is 16.4. The Balaban J connectivity index is 3.54. The second-order valence-corrected chi connectivity index (χ2v) is 5.14. The van der Waals surface area contributed by atoms with Crippen molar-refractivity contribution in [1.29, 1.82) is 0 Å². The van der Waals surface area contributed by atoms with E-state index in [0.717, 1.165) is 32.1 Å². The lowest BCUT2D eigenvalue weighted by Crippen LogP contribution is -2.18. The molecule has 23 heavy (non-hydrogen) atoms. The molecule has 0 aromatic carbocycles. The van der Waals surface area contributed by atoms with Gasteiger partial charge in [0.05, 0.1) is 0 Å². The summed E-state index contributed by atoms with van der Waals surface area (Å²) in [7, 11) is 0. The molecule has 0 aliphatic rings. The number of carboxylic acids is 1. The summed E-state index contributed by atoms with van der Waals surface area (Å²) in [4.78, 5) is 10.4. The Morgan fingerprint density at radius 1 is 0.783 bits per heavy atom. The van der Waals surface area contributed by atoms with E-state index in [2.05, 4.69) is 55.5 Å². The predicted octanol–water partition coefficient (Wildman–Crippen LogP) is 4.96. The largest absolute Gasteiger partial charge is 0.479 e. The molecule has 1 atom stereocenters. The molecule has 3 nitrogen and oxygen atoms in total. The molecule has 0 radical (unpaired) electrons. The van der Waals surface area contributed by atoms with Crippen molar-refractivity contribution in [3.8, 4) is 0 Å². The van der Waals surface area contributed by atoms with E-state index in [1.165, 1.54) is 0 Å². The van der Waals surface area contributed by atoms with Gasteiger partial charge in [0.2, 0.25) is 0 Å². The van der Waals surface area contributed by atoms with E-state index < -0.39 is 12.1 Å². The van der Waals surface area contributed by atoms with Gasteiger partial charge in [0.25, 0.3) is 0 Å². The Bertz CT molecular complexity index is 428. The van der Waals surface area contributed by atoms with Crippen molar-refractivity contribution < 1.29 is 15.0 Å². The fourth-order valence-electron chi connectivity index (χ4n) is 1.75. The van der Waals surface area contributed by atoms with E-state index in [1.807, 2.05) is 12.2 Å². The van der Waals surface area contributed by atoms with Crippen LogP contribution in [0.15, 0.2) is 60.8 Å². The summed E-state index contributed by atoms with van der Waals surface area (Å²) < 4.78 is 0. The van der Waals surface area contributed by atoms with Crippen molar-refractivity contribution in [2.75, 3.05) is 0 Å². The smallest absolute Gasteiger partial charge is 0.332 e. The number of aliphatic hydroxyl groups excluding tert-OH is 1. The summed E-state index contributed by atoms with van der Waals surface area (Å²) in [6, 6.07) is 0. The van der Waals surface area contributed by atoms with Gasteiger partial charge in [-0.05, 0) is 44.9 Å². The minimum Gasteiger partial charge on any atom is -0.479 e. The van der Waals surface area contributed by atoms with Crippen LogP contribution in [0.1, 0.15) is 51.9 Å². The first-order chi connectivity index (χ1) is 11.2. The van der Waals surface area contributed by atoms with Crippen LogP contribution in [0, 0.1) is 0 Å². The molecular weight excluding hydrogens is 288 g/mol. The average Bonchev–Trinajstić information content (AvgIpc) is 2.54. The van der Waals surface area contributed by atoms with E-state index in [0.29, 0.717) is 6.42 Å². The van der Waals surface area contributed by atoms with Gasteiger partial charge in [-0.2, -0.15) is 0 Å². The van der Waals surface area contributed by atoms with Gasteiger partial charge in [-0.25, -0.2) is 4.79 Å². The summed E-state index contributed by atoms with van der Waals surface area (Å²) in [6.07, 6.45) is 25.5. The highest BCUT2D eigenvalue weighted by Crippen LogP contribution is 2.00. The molecule has 0 amide bonds. The maximum Gasteiger partial charge on any atom is 0.332 e. The molecule has 0 saturated carbocycles. The van der Waals surface area contributed by atoms with Crippen LogP contribution in [0.3, 0.4) is 0 Å². The lowest BCUT2D eigenvalue weighted by molar-refractivity contribution is -0.146. The molecule has 2 N–H and O–H groups in total. The Morgan fingerprint density at radius 3 is 1.57 bits per heavy atom. The summed E-state index contributed by atoms with van der Waals surface area (Å²) in [6.45, 7) is 2.14. The van der Waals surface area contributed by atoms with Gasteiger partial charge in [0.1, 0.15) is 0 Å². The number of carboxylic acid groups (broad SMARTS) is 1. The van der Waals surface area contributed by atoms with Crippen LogP contribution in [-0.2, 0) is 4.79 Å². The quantitative estimate of drug-likeness (QED) is 0.472. The normalized spacial score (nSPS) is 14.2. The van der Waals surface area contributed by atoms with Crippen molar-refractivity contribution in [2.45, 2.75) is 58.0 Å². The molecule has 0 spiro atoms. The molecule has 128 valence electrons. The van der Waals surface area contributed by atoms with Gasteiger partial charge in [0, 0.05) is 0 Å². The van der Waals surface area contributed by atoms with Crippen LogP contribution in [0.2, 0.25) is 0 Å². The predicted molar refractivity (Wildman–Crippen MR) is 97.3 cm³/mol.